The lowest BCUT2D eigenvalue weighted by Crippen LogP contribution is -2.49. The van der Waals surface area contributed by atoms with E-state index in [4.69, 9.17) is 19.2 Å². The van der Waals surface area contributed by atoms with Gasteiger partial charge in [0.05, 0.1) is 46.2 Å². The smallest absolute Gasteiger partial charge is 0.306 e. The summed E-state index contributed by atoms with van der Waals surface area (Å²) in [6.07, 6.45) is 9.23. The van der Waals surface area contributed by atoms with Crippen molar-refractivity contribution in [1.29, 1.82) is 0 Å². The molecule has 60 heavy (non-hydrogen) atoms. The molecule has 2 bridgehead atoms. The molecule has 3 heterocycles. The molecule has 4 saturated carbocycles. The maximum Gasteiger partial charge on any atom is 0.306 e. The number of hydrogen-bond acceptors (Lipinski definition) is 11. The van der Waals surface area contributed by atoms with Gasteiger partial charge in [-0.2, -0.15) is 0 Å². The van der Waals surface area contributed by atoms with Crippen LogP contribution >= 0.6 is 0 Å². The van der Waals surface area contributed by atoms with Crippen LogP contribution in [0, 0.1) is 28.6 Å². The van der Waals surface area contributed by atoms with Gasteiger partial charge < -0.3 is 24.4 Å². The van der Waals surface area contributed by atoms with Crippen molar-refractivity contribution in [3.05, 3.63) is 42.5 Å². The Morgan fingerprint density at radius 1 is 1.07 bits per heavy atom. The second-order valence-corrected chi connectivity index (χ2v) is 22.0. The number of aromatic nitrogens is 1. The number of pyridine rings is 1. The molecule has 13 nitrogen and oxygen atoms in total. The van der Waals surface area contributed by atoms with Gasteiger partial charge in [-0.25, -0.2) is 13.4 Å². The molecular weight excluding hydrogens is 785 g/mol. The third-order valence-electron chi connectivity index (χ3n) is 14.0. The molecule has 4 aliphatic carbocycles. The molecule has 0 unspecified atom stereocenters. The highest BCUT2D eigenvalue weighted by Gasteiger charge is 2.62. The highest BCUT2D eigenvalue weighted by atomic mass is 32.2. The van der Waals surface area contributed by atoms with Gasteiger partial charge in [-0.1, -0.05) is 51.8 Å². The summed E-state index contributed by atoms with van der Waals surface area (Å²) in [5.74, 6) is -1.65. The number of fused-ring (bicyclic) bond motifs is 5. The summed E-state index contributed by atoms with van der Waals surface area (Å²) in [6, 6.07) is 7.38. The third-order valence-corrected chi connectivity index (χ3v) is 16.2. The summed E-state index contributed by atoms with van der Waals surface area (Å²) in [5.41, 5.74) is -0.411. The van der Waals surface area contributed by atoms with Crippen molar-refractivity contribution in [2.45, 2.75) is 147 Å². The summed E-state index contributed by atoms with van der Waals surface area (Å²) in [6.45, 7) is 12.4. The van der Waals surface area contributed by atoms with E-state index in [-0.39, 0.29) is 50.0 Å². The molecule has 2 amide bonds. The average molecular weight is 847 g/mol. The Morgan fingerprint density at radius 3 is 2.53 bits per heavy atom. The van der Waals surface area contributed by atoms with Crippen LogP contribution in [0.3, 0.4) is 0 Å². The molecular formula is C46H62N4O9S. The quantitative estimate of drug-likeness (QED) is 0.147. The number of ketones is 1. The number of ether oxygens (including phenoxy) is 3. The monoisotopic (exact) mass is 846 g/mol. The number of sulfonamides is 1. The molecule has 0 spiro atoms. The summed E-state index contributed by atoms with van der Waals surface area (Å²) < 4.78 is 47.0. The van der Waals surface area contributed by atoms with Gasteiger partial charge in [0.2, 0.25) is 27.7 Å². The molecule has 1 aromatic carbocycles. The van der Waals surface area contributed by atoms with Crippen LogP contribution in [0.1, 0.15) is 117 Å². The van der Waals surface area contributed by atoms with E-state index in [1.54, 1.807) is 13.0 Å². The van der Waals surface area contributed by atoms with Crippen LogP contribution in [0.25, 0.3) is 10.9 Å². The van der Waals surface area contributed by atoms with Gasteiger partial charge in [0.1, 0.15) is 24.6 Å². The fourth-order valence-corrected chi connectivity index (χ4v) is 10.6. The van der Waals surface area contributed by atoms with Crippen molar-refractivity contribution in [3.8, 4) is 11.6 Å². The van der Waals surface area contributed by atoms with Gasteiger partial charge >= 0.3 is 5.97 Å². The number of nitrogens with one attached hydrogen (secondary N) is 2. The Labute approximate surface area is 354 Å². The van der Waals surface area contributed by atoms with Gasteiger partial charge in [0, 0.05) is 30.8 Å². The SMILES string of the molecule is C=C[C@@H]1C[C@]1(CC(=O)[C@@H]1C[C@@H]2CN1C(=O)[C@H](C(C)(C)C)CC(=O)O[C@@H]1C[C@H]1CCCCCc1c(nc3ccccc3c1OCCNC1CC1)O2)C(=O)NS(=O)(=O)C1(C)CC1. The van der Waals surface area contributed by atoms with Crippen molar-refractivity contribution in [3.63, 3.8) is 0 Å². The first-order valence-electron chi connectivity index (χ1n) is 22.2. The molecule has 8 rings (SSSR count). The maximum absolute atomic E-state index is 14.9. The number of amides is 2. The van der Waals surface area contributed by atoms with Crippen LogP contribution in [0.5, 0.6) is 11.6 Å². The van der Waals surface area contributed by atoms with Crippen LogP contribution in [0.15, 0.2) is 36.9 Å². The van der Waals surface area contributed by atoms with E-state index in [1.807, 2.05) is 45.0 Å². The summed E-state index contributed by atoms with van der Waals surface area (Å²) in [4.78, 5) is 63.5. The lowest BCUT2D eigenvalue weighted by atomic mass is 9.77. The molecule has 6 aliphatic rings. The second kappa shape index (κ2) is 16.3. The second-order valence-electron chi connectivity index (χ2n) is 19.8. The summed E-state index contributed by atoms with van der Waals surface area (Å²) in [7, 11) is -3.96. The van der Waals surface area contributed by atoms with E-state index in [9.17, 15) is 27.6 Å². The zero-order valence-electron chi connectivity index (χ0n) is 35.6. The number of rotatable bonds is 12. The lowest BCUT2D eigenvalue weighted by Gasteiger charge is -2.34. The minimum Gasteiger partial charge on any atom is -0.491 e. The van der Waals surface area contributed by atoms with E-state index in [0.717, 1.165) is 48.8 Å². The van der Waals surface area contributed by atoms with Crippen LogP contribution in [0.2, 0.25) is 0 Å². The number of carbonyl (C=O) groups excluding carboxylic acids is 4. The fourth-order valence-electron chi connectivity index (χ4n) is 9.28. The largest absolute Gasteiger partial charge is 0.491 e. The van der Waals surface area contributed by atoms with Crippen molar-refractivity contribution < 1.29 is 41.8 Å². The van der Waals surface area contributed by atoms with Crippen molar-refractivity contribution in [2.75, 3.05) is 19.7 Å². The average Bonchev–Trinajstić information content (AvgIpc) is 4.03. The van der Waals surface area contributed by atoms with Crippen LogP contribution in [0.4, 0.5) is 0 Å². The third kappa shape index (κ3) is 8.96. The lowest BCUT2D eigenvalue weighted by molar-refractivity contribution is -0.154. The standard InChI is InChI=1S/C46H62N4O9S/c1-6-29-25-46(29,43(54)49-60(55,56)45(5)18-19-45)26-37(51)36-23-31-27-50(36)42(53)34(44(2,3)4)24-39(52)59-38-22-28(38)12-8-7-9-14-33-40(57-21-20-47-30-16-17-30)32-13-10-11-15-35(32)48-41(33)58-31/h6,10-11,13,15,28-31,34,36,38,47H,1,7-9,12,14,16-27H2,2-5H3,(H,49,54)/t28-,29-,31-,34-,36+,38-,46-/m1/s1. The Kier molecular flexibility index (Phi) is 11.6. The van der Waals surface area contributed by atoms with Gasteiger partial charge in [-0.15, -0.1) is 6.58 Å². The van der Waals surface area contributed by atoms with Crippen LogP contribution < -0.4 is 19.5 Å². The number of hydrogen-bond donors (Lipinski definition) is 2. The van der Waals surface area contributed by atoms with Crippen LogP contribution in [-0.2, 0) is 40.4 Å². The Balaban J connectivity index is 1.13. The minimum absolute atomic E-state index is 0.0494. The molecule has 5 fully saturated rings. The molecule has 1 aromatic heterocycles. The highest BCUT2D eigenvalue weighted by molar-refractivity contribution is 7.91. The van der Waals surface area contributed by atoms with Gasteiger partial charge in [-0.3, -0.25) is 23.9 Å². The fraction of sp³-hybridized carbons (Fsp3) is 0.674. The summed E-state index contributed by atoms with van der Waals surface area (Å²) >= 11 is 0. The summed E-state index contributed by atoms with van der Waals surface area (Å²) in [5, 5.41) is 4.42. The Morgan fingerprint density at radius 2 is 1.83 bits per heavy atom. The first kappa shape index (κ1) is 42.6. The molecule has 14 heteroatoms. The zero-order valence-corrected chi connectivity index (χ0v) is 36.4. The zero-order chi connectivity index (χ0) is 42.6. The number of para-hydroxylation sites is 1. The minimum atomic E-state index is -3.96. The molecule has 1 saturated heterocycles. The van der Waals surface area contributed by atoms with Gasteiger partial charge in [0.25, 0.3) is 0 Å². The predicted octanol–water partition coefficient (Wildman–Crippen LogP) is 5.96. The van der Waals surface area contributed by atoms with Crippen molar-refractivity contribution >= 4 is 44.5 Å². The van der Waals surface area contributed by atoms with Crippen molar-refractivity contribution in [1.82, 2.24) is 19.9 Å². The van der Waals surface area contributed by atoms with Gasteiger partial charge in [-0.05, 0) is 94.1 Å². The molecule has 2 aromatic rings. The van der Waals surface area contributed by atoms with Crippen LogP contribution in [-0.4, -0.2) is 90.6 Å². The normalized spacial score (nSPS) is 30.4. The topological polar surface area (TPSA) is 170 Å². The molecule has 0 radical (unpaired) electrons. The number of esters is 1. The van der Waals surface area contributed by atoms with E-state index < -0.39 is 61.5 Å². The number of Topliss-reactive ketones (excluding diaryl/α,β-unsaturated/α-hetero) is 1. The molecule has 2 aliphatic heterocycles. The van der Waals surface area contributed by atoms with E-state index in [2.05, 4.69) is 16.6 Å². The Bertz CT molecular complexity index is 2140. The molecule has 2 N–H and O–H groups in total. The molecule has 326 valence electrons. The predicted molar refractivity (Wildman–Crippen MR) is 226 cm³/mol. The van der Waals surface area contributed by atoms with E-state index in [1.165, 1.54) is 17.7 Å². The van der Waals surface area contributed by atoms with E-state index >= 15 is 0 Å². The first-order valence-corrected chi connectivity index (χ1v) is 23.7. The number of carbonyl (C=O) groups is 4. The number of nitrogens with zero attached hydrogens (tertiary/aromatic N) is 2. The Hall–Kier alpha value is -4.04. The number of benzene rings is 1. The first-order chi connectivity index (χ1) is 28.5. The van der Waals surface area contributed by atoms with Gasteiger partial charge in [0.15, 0.2) is 5.78 Å². The van der Waals surface area contributed by atoms with E-state index in [0.29, 0.717) is 55.8 Å². The van der Waals surface area contributed by atoms with Crippen molar-refractivity contribution in [2.24, 2.45) is 28.6 Å². The molecule has 7 atom stereocenters. The highest BCUT2D eigenvalue weighted by Crippen LogP contribution is 2.57. The maximum atomic E-state index is 14.9. The number of allylic oxidation sites excluding steroid dienone is 1.